The van der Waals surface area contributed by atoms with Crippen molar-refractivity contribution in [1.29, 1.82) is 0 Å². The van der Waals surface area contributed by atoms with Gasteiger partial charge in [-0.15, -0.1) is 0 Å². The first kappa shape index (κ1) is 15.7. The summed E-state index contributed by atoms with van der Waals surface area (Å²) in [5, 5.41) is 3.38. The first-order valence-corrected chi connectivity index (χ1v) is 8.58. The molecule has 3 heteroatoms. The van der Waals surface area contributed by atoms with E-state index in [9.17, 15) is 0 Å². The van der Waals surface area contributed by atoms with Gasteiger partial charge in [0.25, 0.3) is 0 Å². The SMILES string of the molecule is CN[C@H]1Cc2ccccc2[C@H]1Oc1ccc(Oc2ccccc2)cc1. The fourth-order valence-electron chi connectivity index (χ4n) is 3.31. The van der Waals surface area contributed by atoms with Crippen molar-refractivity contribution in [1.82, 2.24) is 5.32 Å². The zero-order valence-corrected chi connectivity index (χ0v) is 14.2. The number of ether oxygens (including phenoxy) is 2. The molecule has 0 saturated heterocycles. The third-order valence-electron chi connectivity index (χ3n) is 4.60. The Morgan fingerprint density at radius 1 is 0.760 bits per heavy atom. The maximum atomic E-state index is 6.29. The van der Waals surface area contributed by atoms with Gasteiger partial charge in [-0.2, -0.15) is 0 Å². The summed E-state index contributed by atoms with van der Waals surface area (Å²) in [4.78, 5) is 0. The van der Waals surface area contributed by atoms with Gasteiger partial charge in [0.1, 0.15) is 23.4 Å². The first-order chi connectivity index (χ1) is 12.3. The van der Waals surface area contributed by atoms with Crippen LogP contribution in [0.25, 0.3) is 0 Å². The Labute approximate surface area is 148 Å². The number of nitrogens with one attached hydrogen (secondary N) is 1. The summed E-state index contributed by atoms with van der Waals surface area (Å²) in [7, 11) is 1.99. The van der Waals surface area contributed by atoms with Crippen molar-refractivity contribution in [2.45, 2.75) is 18.6 Å². The highest BCUT2D eigenvalue weighted by Gasteiger charge is 2.32. The van der Waals surface area contributed by atoms with Gasteiger partial charge in [-0.1, -0.05) is 42.5 Å². The van der Waals surface area contributed by atoms with Crippen molar-refractivity contribution in [3.8, 4) is 17.2 Å². The lowest BCUT2D eigenvalue weighted by Gasteiger charge is -2.22. The predicted octanol–water partition coefficient (Wildman–Crippen LogP) is 4.74. The Hall–Kier alpha value is -2.78. The molecule has 1 aliphatic carbocycles. The van der Waals surface area contributed by atoms with E-state index in [0.29, 0.717) is 0 Å². The maximum absolute atomic E-state index is 6.29. The van der Waals surface area contributed by atoms with E-state index in [1.54, 1.807) is 0 Å². The maximum Gasteiger partial charge on any atom is 0.140 e. The first-order valence-electron chi connectivity index (χ1n) is 8.58. The van der Waals surface area contributed by atoms with Gasteiger partial charge in [-0.3, -0.25) is 0 Å². The van der Waals surface area contributed by atoms with Crippen molar-refractivity contribution in [3.05, 3.63) is 90.0 Å². The van der Waals surface area contributed by atoms with Crippen LogP contribution in [0.3, 0.4) is 0 Å². The van der Waals surface area contributed by atoms with E-state index in [4.69, 9.17) is 9.47 Å². The Morgan fingerprint density at radius 3 is 2.16 bits per heavy atom. The van der Waals surface area contributed by atoms with Crippen LogP contribution in [-0.2, 0) is 6.42 Å². The Bertz CT molecular complexity index is 830. The summed E-state index contributed by atoms with van der Waals surface area (Å²) < 4.78 is 12.1. The van der Waals surface area contributed by atoms with E-state index >= 15 is 0 Å². The van der Waals surface area contributed by atoms with Crippen LogP contribution in [0, 0.1) is 0 Å². The molecule has 0 saturated carbocycles. The second-order valence-corrected chi connectivity index (χ2v) is 6.22. The summed E-state index contributed by atoms with van der Waals surface area (Å²) in [5.74, 6) is 2.48. The summed E-state index contributed by atoms with van der Waals surface area (Å²) in [6.45, 7) is 0. The molecule has 3 nitrogen and oxygen atoms in total. The zero-order chi connectivity index (χ0) is 17.1. The van der Waals surface area contributed by atoms with Crippen LogP contribution >= 0.6 is 0 Å². The van der Waals surface area contributed by atoms with Crippen LogP contribution in [-0.4, -0.2) is 13.1 Å². The van der Waals surface area contributed by atoms with Gasteiger partial charge in [-0.25, -0.2) is 0 Å². The smallest absolute Gasteiger partial charge is 0.140 e. The van der Waals surface area contributed by atoms with Crippen molar-refractivity contribution < 1.29 is 9.47 Å². The van der Waals surface area contributed by atoms with Gasteiger partial charge in [0.2, 0.25) is 0 Å². The average Bonchev–Trinajstić information content (AvgIpc) is 3.02. The van der Waals surface area contributed by atoms with E-state index in [-0.39, 0.29) is 12.1 Å². The van der Waals surface area contributed by atoms with E-state index in [2.05, 4.69) is 29.6 Å². The molecule has 1 N–H and O–H groups in total. The summed E-state index contributed by atoms with van der Waals surface area (Å²) >= 11 is 0. The predicted molar refractivity (Wildman–Crippen MR) is 99.3 cm³/mol. The number of likely N-dealkylation sites (N-methyl/N-ethyl adjacent to an activating group) is 1. The van der Waals surface area contributed by atoms with Crippen LogP contribution in [0.2, 0.25) is 0 Å². The molecule has 4 rings (SSSR count). The lowest BCUT2D eigenvalue weighted by Crippen LogP contribution is -2.32. The molecule has 2 atom stereocenters. The molecule has 3 aromatic rings. The van der Waals surface area contributed by atoms with Crippen molar-refractivity contribution in [3.63, 3.8) is 0 Å². The van der Waals surface area contributed by atoms with Crippen molar-refractivity contribution >= 4 is 0 Å². The minimum atomic E-state index is 0.0297. The highest BCUT2D eigenvalue weighted by molar-refractivity contribution is 5.39. The number of para-hydroxylation sites is 1. The molecule has 126 valence electrons. The molecular weight excluding hydrogens is 310 g/mol. The molecule has 0 unspecified atom stereocenters. The highest BCUT2D eigenvalue weighted by Crippen LogP contribution is 2.35. The standard InChI is InChI=1S/C22H21NO2/c1-23-21-15-16-7-5-6-10-20(16)22(21)25-19-13-11-18(12-14-19)24-17-8-3-2-4-9-17/h2-14,21-23H,15H2,1H3/t21-,22+/m0/s1. The molecule has 0 amide bonds. The highest BCUT2D eigenvalue weighted by atomic mass is 16.5. The third kappa shape index (κ3) is 3.37. The van der Waals surface area contributed by atoms with Gasteiger partial charge < -0.3 is 14.8 Å². The minimum Gasteiger partial charge on any atom is -0.484 e. The Kier molecular flexibility index (Phi) is 4.40. The van der Waals surface area contributed by atoms with E-state index in [1.165, 1.54) is 11.1 Å². The Balaban J connectivity index is 1.49. The number of benzene rings is 3. The van der Waals surface area contributed by atoms with Crippen LogP contribution in [0.5, 0.6) is 17.2 Å². The quantitative estimate of drug-likeness (QED) is 0.732. The number of hydrogen-bond donors (Lipinski definition) is 1. The number of hydrogen-bond acceptors (Lipinski definition) is 3. The lowest BCUT2D eigenvalue weighted by molar-refractivity contribution is 0.172. The van der Waals surface area contributed by atoms with Crippen LogP contribution in [0.4, 0.5) is 0 Å². The van der Waals surface area contributed by atoms with Crippen LogP contribution in [0.15, 0.2) is 78.9 Å². The fourth-order valence-corrected chi connectivity index (χ4v) is 3.31. The molecule has 0 radical (unpaired) electrons. The van der Waals surface area contributed by atoms with Crippen LogP contribution in [0.1, 0.15) is 17.2 Å². The second kappa shape index (κ2) is 6.99. The second-order valence-electron chi connectivity index (χ2n) is 6.22. The van der Waals surface area contributed by atoms with Gasteiger partial charge in [0, 0.05) is 0 Å². The van der Waals surface area contributed by atoms with Crippen molar-refractivity contribution in [2.75, 3.05) is 7.05 Å². The molecule has 1 aliphatic rings. The molecule has 0 spiro atoms. The van der Waals surface area contributed by atoms with E-state index in [1.807, 2.05) is 61.6 Å². The van der Waals surface area contributed by atoms with E-state index in [0.717, 1.165) is 23.7 Å². The van der Waals surface area contributed by atoms with E-state index < -0.39 is 0 Å². The largest absolute Gasteiger partial charge is 0.484 e. The molecule has 0 heterocycles. The summed E-state index contributed by atoms with van der Waals surface area (Å²) in [6, 6.07) is 26.4. The number of fused-ring (bicyclic) bond motifs is 1. The third-order valence-corrected chi connectivity index (χ3v) is 4.60. The molecule has 0 aliphatic heterocycles. The fraction of sp³-hybridized carbons (Fsp3) is 0.182. The molecule has 0 aromatic heterocycles. The molecule has 3 aromatic carbocycles. The number of rotatable bonds is 5. The monoisotopic (exact) mass is 331 g/mol. The topological polar surface area (TPSA) is 30.5 Å². The molecular formula is C22H21NO2. The minimum absolute atomic E-state index is 0.0297. The molecule has 25 heavy (non-hydrogen) atoms. The van der Waals surface area contributed by atoms with Crippen LogP contribution < -0.4 is 14.8 Å². The average molecular weight is 331 g/mol. The lowest BCUT2D eigenvalue weighted by atomic mass is 10.1. The molecule has 0 fully saturated rings. The molecule has 0 bridgehead atoms. The van der Waals surface area contributed by atoms with Gasteiger partial charge >= 0.3 is 0 Å². The zero-order valence-electron chi connectivity index (χ0n) is 14.2. The van der Waals surface area contributed by atoms with Gasteiger partial charge in [-0.05, 0) is 61.0 Å². The Morgan fingerprint density at radius 2 is 1.40 bits per heavy atom. The van der Waals surface area contributed by atoms with Crippen molar-refractivity contribution in [2.24, 2.45) is 0 Å². The van der Waals surface area contributed by atoms with Gasteiger partial charge in [0.15, 0.2) is 0 Å². The summed E-state index contributed by atoms with van der Waals surface area (Å²) in [6.07, 6.45) is 1.02. The van der Waals surface area contributed by atoms with Gasteiger partial charge in [0.05, 0.1) is 6.04 Å². The summed E-state index contributed by atoms with van der Waals surface area (Å²) in [5.41, 5.74) is 2.63. The normalized spacial score (nSPS) is 18.6.